The maximum absolute atomic E-state index is 11.9. The van der Waals surface area contributed by atoms with Crippen LogP contribution in [0.25, 0.3) is 11.0 Å². The fourth-order valence-corrected chi connectivity index (χ4v) is 3.44. The SMILES string of the molecule is Cc1ccc(=O)n(CC2CCN(c3ncnc4nn(C)cc34)CC2)n1. The molecule has 0 atom stereocenters. The Morgan fingerprint density at radius 2 is 1.96 bits per heavy atom. The average molecular weight is 339 g/mol. The van der Waals surface area contributed by atoms with Gasteiger partial charge in [-0.15, -0.1) is 0 Å². The minimum Gasteiger partial charge on any atom is -0.356 e. The summed E-state index contributed by atoms with van der Waals surface area (Å²) in [5.74, 6) is 1.40. The monoisotopic (exact) mass is 339 g/mol. The summed E-state index contributed by atoms with van der Waals surface area (Å²) in [7, 11) is 1.89. The van der Waals surface area contributed by atoms with Crippen molar-refractivity contribution < 1.29 is 0 Å². The molecule has 0 N–H and O–H groups in total. The molecule has 0 bridgehead atoms. The van der Waals surface area contributed by atoms with Crippen molar-refractivity contribution >= 4 is 16.9 Å². The molecule has 1 fully saturated rings. The molecule has 1 aliphatic heterocycles. The summed E-state index contributed by atoms with van der Waals surface area (Å²) in [6, 6.07) is 3.35. The predicted octanol–water partition coefficient (Wildman–Crippen LogP) is 1.15. The molecule has 8 nitrogen and oxygen atoms in total. The van der Waals surface area contributed by atoms with Gasteiger partial charge in [0.25, 0.3) is 5.56 Å². The molecule has 0 amide bonds. The molecule has 25 heavy (non-hydrogen) atoms. The van der Waals surface area contributed by atoms with Gasteiger partial charge < -0.3 is 4.90 Å². The van der Waals surface area contributed by atoms with Crippen LogP contribution in [-0.4, -0.2) is 42.6 Å². The molecule has 1 aliphatic rings. The fraction of sp³-hybridized carbons (Fsp3) is 0.471. The van der Waals surface area contributed by atoms with Crippen LogP contribution in [0.15, 0.2) is 29.5 Å². The Hall–Kier alpha value is -2.77. The molecular formula is C17H21N7O. The van der Waals surface area contributed by atoms with E-state index >= 15 is 0 Å². The van der Waals surface area contributed by atoms with E-state index in [1.807, 2.05) is 20.2 Å². The van der Waals surface area contributed by atoms with Gasteiger partial charge in [-0.2, -0.15) is 10.2 Å². The summed E-state index contributed by atoms with van der Waals surface area (Å²) >= 11 is 0. The third kappa shape index (κ3) is 3.11. The van der Waals surface area contributed by atoms with E-state index in [1.54, 1.807) is 27.8 Å². The third-order valence-corrected chi connectivity index (χ3v) is 4.76. The Morgan fingerprint density at radius 1 is 1.16 bits per heavy atom. The molecule has 0 aromatic carbocycles. The molecule has 4 rings (SSSR count). The molecule has 0 saturated carbocycles. The zero-order valence-electron chi connectivity index (χ0n) is 14.5. The molecule has 0 spiro atoms. The van der Waals surface area contributed by atoms with Gasteiger partial charge in [-0.1, -0.05) is 0 Å². The van der Waals surface area contributed by atoms with E-state index in [1.165, 1.54) is 0 Å². The van der Waals surface area contributed by atoms with Crippen LogP contribution < -0.4 is 10.5 Å². The molecular weight excluding hydrogens is 318 g/mol. The largest absolute Gasteiger partial charge is 0.356 e. The lowest BCUT2D eigenvalue weighted by molar-refractivity contribution is 0.333. The first-order valence-corrected chi connectivity index (χ1v) is 8.54. The number of piperidine rings is 1. The first kappa shape index (κ1) is 15.7. The Morgan fingerprint density at radius 3 is 2.76 bits per heavy atom. The molecule has 4 heterocycles. The zero-order chi connectivity index (χ0) is 17.4. The van der Waals surface area contributed by atoms with Crippen LogP contribution in [0.1, 0.15) is 18.5 Å². The van der Waals surface area contributed by atoms with E-state index < -0.39 is 0 Å². The number of hydrogen-bond acceptors (Lipinski definition) is 6. The predicted molar refractivity (Wildman–Crippen MR) is 94.5 cm³/mol. The Bertz CT molecular complexity index is 953. The van der Waals surface area contributed by atoms with E-state index in [0.29, 0.717) is 12.5 Å². The lowest BCUT2D eigenvalue weighted by Gasteiger charge is -2.32. The fourth-order valence-electron chi connectivity index (χ4n) is 3.44. The van der Waals surface area contributed by atoms with Crippen LogP contribution in [0.5, 0.6) is 0 Å². The second kappa shape index (κ2) is 6.27. The van der Waals surface area contributed by atoms with Crippen molar-refractivity contribution in [2.45, 2.75) is 26.3 Å². The quantitative estimate of drug-likeness (QED) is 0.712. The van der Waals surface area contributed by atoms with Crippen LogP contribution in [0, 0.1) is 12.8 Å². The van der Waals surface area contributed by atoms with Crippen LogP contribution in [0.3, 0.4) is 0 Å². The van der Waals surface area contributed by atoms with Gasteiger partial charge in [-0.05, 0) is 31.7 Å². The lowest BCUT2D eigenvalue weighted by atomic mass is 9.96. The topological polar surface area (TPSA) is 81.7 Å². The number of hydrogen-bond donors (Lipinski definition) is 0. The number of nitrogens with zero attached hydrogens (tertiary/aromatic N) is 7. The molecule has 0 radical (unpaired) electrons. The van der Waals surface area contributed by atoms with Crippen LogP contribution in [0.4, 0.5) is 5.82 Å². The van der Waals surface area contributed by atoms with E-state index in [4.69, 9.17) is 0 Å². The summed E-state index contributed by atoms with van der Waals surface area (Å²) in [5, 5.41) is 9.68. The van der Waals surface area contributed by atoms with Crippen LogP contribution in [-0.2, 0) is 13.6 Å². The minimum atomic E-state index is -0.0269. The Kier molecular flexibility index (Phi) is 3.95. The first-order chi connectivity index (χ1) is 12.1. The van der Waals surface area contributed by atoms with Crippen molar-refractivity contribution in [1.82, 2.24) is 29.5 Å². The highest BCUT2D eigenvalue weighted by molar-refractivity contribution is 5.86. The number of rotatable bonds is 3. The Labute approximate surface area is 145 Å². The van der Waals surface area contributed by atoms with Crippen molar-refractivity contribution in [3.63, 3.8) is 0 Å². The van der Waals surface area contributed by atoms with Crippen LogP contribution in [0.2, 0.25) is 0 Å². The van der Waals surface area contributed by atoms with E-state index in [0.717, 1.165) is 48.5 Å². The van der Waals surface area contributed by atoms with Crippen molar-refractivity contribution in [2.75, 3.05) is 18.0 Å². The van der Waals surface area contributed by atoms with Gasteiger partial charge in [0, 0.05) is 38.9 Å². The Balaban J connectivity index is 1.47. The normalized spacial score (nSPS) is 15.8. The third-order valence-electron chi connectivity index (χ3n) is 4.76. The van der Waals surface area contributed by atoms with Crippen molar-refractivity contribution in [3.05, 3.63) is 40.7 Å². The highest BCUT2D eigenvalue weighted by atomic mass is 16.1. The first-order valence-electron chi connectivity index (χ1n) is 8.54. The average Bonchev–Trinajstić information content (AvgIpc) is 2.99. The summed E-state index contributed by atoms with van der Waals surface area (Å²) < 4.78 is 3.37. The number of fused-ring (bicyclic) bond motifs is 1. The van der Waals surface area contributed by atoms with Gasteiger partial charge >= 0.3 is 0 Å². The summed E-state index contributed by atoms with van der Waals surface area (Å²) in [5.41, 5.74) is 1.57. The number of aromatic nitrogens is 6. The van der Waals surface area contributed by atoms with Gasteiger partial charge in [0.2, 0.25) is 0 Å². The van der Waals surface area contributed by atoms with Gasteiger partial charge in [0.05, 0.1) is 11.1 Å². The minimum absolute atomic E-state index is 0.0269. The van der Waals surface area contributed by atoms with E-state index in [-0.39, 0.29) is 5.56 Å². The smallest absolute Gasteiger partial charge is 0.266 e. The summed E-state index contributed by atoms with van der Waals surface area (Å²) in [4.78, 5) is 22.9. The molecule has 8 heteroatoms. The van der Waals surface area contributed by atoms with Gasteiger partial charge in [-0.3, -0.25) is 9.48 Å². The second-order valence-corrected chi connectivity index (χ2v) is 6.66. The van der Waals surface area contributed by atoms with Gasteiger partial charge in [0.1, 0.15) is 12.1 Å². The number of anilines is 1. The molecule has 1 saturated heterocycles. The maximum atomic E-state index is 11.9. The van der Waals surface area contributed by atoms with Crippen LogP contribution >= 0.6 is 0 Å². The van der Waals surface area contributed by atoms with E-state index in [9.17, 15) is 4.79 Å². The highest BCUT2D eigenvalue weighted by Crippen LogP contribution is 2.27. The molecule has 0 unspecified atom stereocenters. The molecule has 3 aromatic heterocycles. The van der Waals surface area contributed by atoms with Crippen molar-refractivity contribution in [1.29, 1.82) is 0 Å². The lowest BCUT2D eigenvalue weighted by Crippen LogP contribution is -2.37. The van der Waals surface area contributed by atoms with Gasteiger partial charge in [-0.25, -0.2) is 14.6 Å². The maximum Gasteiger partial charge on any atom is 0.266 e. The molecule has 0 aliphatic carbocycles. The molecule has 3 aromatic rings. The standard InChI is InChI=1S/C17H21N7O/c1-12-3-4-15(25)24(20-12)9-13-5-7-23(8-6-13)17-14-10-22(2)21-16(14)18-11-19-17/h3-4,10-11,13H,5-9H2,1-2H3. The van der Waals surface area contributed by atoms with Gasteiger partial charge in [0.15, 0.2) is 5.65 Å². The number of aryl methyl sites for hydroxylation is 2. The zero-order valence-corrected chi connectivity index (χ0v) is 14.5. The molecule has 130 valence electrons. The summed E-state index contributed by atoms with van der Waals surface area (Å²) in [6.07, 6.45) is 5.56. The highest BCUT2D eigenvalue weighted by Gasteiger charge is 2.23. The van der Waals surface area contributed by atoms with Crippen molar-refractivity contribution in [3.8, 4) is 0 Å². The second-order valence-electron chi connectivity index (χ2n) is 6.66. The summed E-state index contributed by atoms with van der Waals surface area (Å²) in [6.45, 7) is 4.41. The van der Waals surface area contributed by atoms with E-state index in [2.05, 4.69) is 25.1 Å². The van der Waals surface area contributed by atoms with Crippen molar-refractivity contribution in [2.24, 2.45) is 13.0 Å².